The Labute approximate surface area is 180 Å². The molecule has 0 fully saturated rings. The fourth-order valence-corrected chi connectivity index (χ4v) is 4.08. The zero-order valence-electron chi connectivity index (χ0n) is 18.1. The monoisotopic (exact) mass is 418 g/mol. The summed E-state index contributed by atoms with van der Waals surface area (Å²) in [5.41, 5.74) is 3.05. The van der Waals surface area contributed by atoms with E-state index in [2.05, 4.69) is 20.2 Å². The van der Waals surface area contributed by atoms with Gasteiger partial charge in [0.05, 0.1) is 42.3 Å². The van der Waals surface area contributed by atoms with Gasteiger partial charge in [0.15, 0.2) is 5.65 Å². The number of rotatable bonds is 7. The average Bonchev–Trinajstić information content (AvgIpc) is 3.16. The average molecular weight is 419 g/mol. The maximum atomic E-state index is 11.0. The molecule has 0 spiro atoms. The first-order chi connectivity index (χ1) is 14.9. The summed E-state index contributed by atoms with van der Waals surface area (Å²) in [7, 11) is 1.59. The van der Waals surface area contributed by atoms with Gasteiger partial charge in [0.25, 0.3) is 0 Å². The van der Waals surface area contributed by atoms with Crippen molar-refractivity contribution in [3.05, 3.63) is 59.8 Å². The molecule has 0 amide bonds. The lowest BCUT2D eigenvalue weighted by atomic mass is 9.78. The van der Waals surface area contributed by atoms with E-state index in [1.165, 1.54) is 0 Å². The molecule has 2 atom stereocenters. The quantitative estimate of drug-likeness (QED) is 0.444. The molecule has 0 saturated heterocycles. The first kappa shape index (κ1) is 20.9. The number of benzene rings is 1. The largest absolute Gasteiger partial charge is 0.496 e. The van der Waals surface area contributed by atoms with Gasteiger partial charge in [0.2, 0.25) is 0 Å². The number of hydrogen-bond acceptors (Lipinski definition) is 7. The Kier molecular flexibility index (Phi) is 5.41. The van der Waals surface area contributed by atoms with Crippen LogP contribution in [0.2, 0.25) is 0 Å². The zero-order valence-corrected chi connectivity index (χ0v) is 18.1. The van der Waals surface area contributed by atoms with E-state index in [9.17, 15) is 5.11 Å². The molecule has 0 aliphatic heterocycles. The third-order valence-corrected chi connectivity index (χ3v) is 5.79. The number of methoxy groups -OCH3 is 1. The SMILES string of the molecule is CCC(C)(O)C(C(C)=N)c1cc2ncc3nnc(Cc4ccccn4)n3c2cc1OC. The van der Waals surface area contributed by atoms with Crippen molar-refractivity contribution in [3.8, 4) is 5.75 Å². The maximum absolute atomic E-state index is 11.0. The van der Waals surface area contributed by atoms with Gasteiger partial charge < -0.3 is 15.3 Å². The molecule has 2 unspecified atom stereocenters. The van der Waals surface area contributed by atoms with Crippen LogP contribution in [0.25, 0.3) is 16.7 Å². The second-order valence-electron chi connectivity index (χ2n) is 7.98. The minimum absolute atomic E-state index is 0.366. The second kappa shape index (κ2) is 8.03. The predicted molar refractivity (Wildman–Crippen MR) is 119 cm³/mol. The molecule has 1 aromatic carbocycles. The van der Waals surface area contributed by atoms with Crippen molar-refractivity contribution in [3.63, 3.8) is 0 Å². The van der Waals surface area contributed by atoms with Gasteiger partial charge in [-0.15, -0.1) is 10.2 Å². The van der Waals surface area contributed by atoms with Gasteiger partial charge in [-0.05, 0) is 38.5 Å². The van der Waals surface area contributed by atoms with Crippen LogP contribution in [0.15, 0.2) is 42.7 Å². The first-order valence-electron chi connectivity index (χ1n) is 10.2. The summed E-state index contributed by atoms with van der Waals surface area (Å²) < 4.78 is 7.66. The highest BCUT2D eigenvalue weighted by molar-refractivity contribution is 5.90. The van der Waals surface area contributed by atoms with Gasteiger partial charge >= 0.3 is 0 Å². The highest BCUT2D eigenvalue weighted by Gasteiger charge is 2.35. The topological polar surface area (TPSA) is 109 Å². The number of nitrogens with zero attached hydrogens (tertiary/aromatic N) is 5. The smallest absolute Gasteiger partial charge is 0.179 e. The number of aromatic nitrogens is 5. The minimum atomic E-state index is -1.09. The standard InChI is InChI=1S/C23H26N6O2/c1-5-23(3,30)22(14(2)24)16-11-17-18(12-19(16)31-4)29-20(27-28-21(29)13-26-17)10-15-8-6-7-9-25-15/h6-9,11-13,22,24,30H,5,10H2,1-4H3. The number of nitrogens with one attached hydrogen (secondary N) is 1. The molecule has 31 heavy (non-hydrogen) atoms. The van der Waals surface area contributed by atoms with E-state index >= 15 is 0 Å². The fourth-order valence-electron chi connectivity index (χ4n) is 4.08. The van der Waals surface area contributed by atoms with Crippen LogP contribution in [0.1, 0.15) is 50.2 Å². The maximum Gasteiger partial charge on any atom is 0.179 e. The van der Waals surface area contributed by atoms with Crippen LogP contribution in [0.5, 0.6) is 5.75 Å². The highest BCUT2D eigenvalue weighted by atomic mass is 16.5. The van der Waals surface area contributed by atoms with Crippen molar-refractivity contribution in [2.45, 2.75) is 45.1 Å². The summed E-state index contributed by atoms with van der Waals surface area (Å²) in [6.07, 6.45) is 4.46. The van der Waals surface area contributed by atoms with E-state index in [4.69, 9.17) is 10.1 Å². The number of aliphatic hydroxyl groups is 1. The summed E-state index contributed by atoms with van der Waals surface area (Å²) in [5, 5.41) is 27.9. The molecule has 3 aromatic heterocycles. The van der Waals surface area contributed by atoms with E-state index in [-0.39, 0.29) is 0 Å². The van der Waals surface area contributed by atoms with Crippen molar-refractivity contribution in [1.82, 2.24) is 24.6 Å². The van der Waals surface area contributed by atoms with Crippen molar-refractivity contribution in [1.29, 1.82) is 5.41 Å². The van der Waals surface area contributed by atoms with Crippen molar-refractivity contribution in [2.75, 3.05) is 7.11 Å². The molecule has 8 nitrogen and oxygen atoms in total. The van der Waals surface area contributed by atoms with E-state index in [1.54, 1.807) is 33.4 Å². The van der Waals surface area contributed by atoms with Gasteiger partial charge in [-0.25, -0.2) is 0 Å². The molecule has 4 rings (SSSR count). The molecule has 0 radical (unpaired) electrons. The summed E-state index contributed by atoms with van der Waals surface area (Å²) in [4.78, 5) is 8.96. The van der Waals surface area contributed by atoms with Gasteiger partial charge in [-0.2, -0.15) is 0 Å². The predicted octanol–water partition coefficient (Wildman–Crippen LogP) is 3.56. The Bertz CT molecular complexity index is 1250. The Morgan fingerprint density at radius 1 is 1.26 bits per heavy atom. The van der Waals surface area contributed by atoms with Crippen LogP contribution in [-0.2, 0) is 6.42 Å². The van der Waals surface area contributed by atoms with Crippen molar-refractivity contribution in [2.24, 2.45) is 0 Å². The van der Waals surface area contributed by atoms with Crippen LogP contribution in [0, 0.1) is 5.41 Å². The third kappa shape index (κ3) is 3.74. The van der Waals surface area contributed by atoms with E-state index in [0.717, 1.165) is 22.6 Å². The molecular weight excluding hydrogens is 392 g/mol. The number of ether oxygens (including phenoxy) is 1. The molecule has 0 saturated carbocycles. The van der Waals surface area contributed by atoms with Crippen LogP contribution in [0.3, 0.4) is 0 Å². The van der Waals surface area contributed by atoms with Crippen LogP contribution < -0.4 is 4.74 Å². The Balaban J connectivity index is 1.93. The van der Waals surface area contributed by atoms with Crippen LogP contribution in [-0.4, -0.2) is 48.1 Å². The van der Waals surface area contributed by atoms with Gasteiger partial charge in [0.1, 0.15) is 11.6 Å². The molecule has 4 aromatic rings. The van der Waals surface area contributed by atoms with Gasteiger partial charge in [0, 0.05) is 29.2 Å². The van der Waals surface area contributed by atoms with E-state index in [1.807, 2.05) is 41.7 Å². The van der Waals surface area contributed by atoms with Crippen molar-refractivity contribution >= 4 is 22.4 Å². The Morgan fingerprint density at radius 3 is 2.71 bits per heavy atom. The summed E-state index contributed by atoms with van der Waals surface area (Å²) >= 11 is 0. The third-order valence-electron chi connectivity index (χ3n) is 5.79. The summed E-state index contributed by atoms with van der Waals surface area (Å²) in [6, 6.07) is 9.56. The lowest BCUT2D eigenvalue weighted by Gasteiger charge is -2.33. The van der Waals surface area contributed by atoms with Crippen LogP contribution in [0.4, 0.5) is 0 Å². The normalized spacial score (nSPS) is 14.5. The molecule has 8 heteroatoms. The zero-order chi connectivity index (χ0) is 22.2. The van der Waals surface area contributed by atoms with Gasteiger partial charge in [-0.1, -0.05) is 13.0 Å². The first-order valence-corrected chi connectivity index (χ1v) is 10.2. The fraction of sp³-hybridized carbons (Fsp3) is 0.348. The summed E-state index contributed by atoms with van der Waals surface area (Å²) in [5.74, 6) is 0.823. The van der Waals surface area contributed by atoms with Crippen molar-refractivity contribution < 1.29 is 9.84 Å². The molecule has 0 aliphatic carbocycles. The lowest BCUT2D eigenvalue weighted by molar-refractivity contribution is 0.0458. The van der Waals surface area contributed by atoms with E-state index in [0.29, 0.717) is 35.5 Å². The summed E-state index contributed by atoms with van der Waals surface area (Å²) in [6.45, 7) is 5.37. The lowest BCUT2D eigenvalue weighted by Crippen LogP contribution is -2.36. The molecule has 160 valence electrons. The highest BCUT2D eigenvalue weighted by Crippen LogP contribution is 2.39. The molecule has 2 N–H and O–H groups in total. The number of fused-ring (bicyclic) bond motifs is 3. The Hall–Kier alpha value is -3.39. The Morgan fingerprint density at radius 2 is 2.06 bits per heavy atom. The number of hydrogen-bond donors (Lipinski definition) is 2. The molecule has 0 aliphatic rings. The molecule has 0 bridgehead atoms. The van der Waals surface area contributed by atoms with Gasteiger partial charge in [-0.3, -0.25) is 14.4 Å². The second-order valence-corrected chi connectivity index (χ2v) is 7.98. The minimum Gasteiger partial charge on any atom is -0.496 e. The molecular formula is C23H26N6O2. The van der Waals surface area contributed by atoms with Crippen LogP contribution >= 0.6 is 0 Å². The van der Waals surface area contributed by atoms with E-state index < -0.39 is 11.5 Å². The number of pyridine rings is 1. The molecule has 3 heterocycles.